The van der Waals surface area contributed by atoms with Gasteiger partial charge in [-0.15, -0.1) is 0 Å². The Kier molecular flexibility index (Phi) is 4.73. The molecule has 20 heavy (non-hydrogen) atoms. The van der Waals surface area contributed by atoms with Gasteiger partial charge in [0.25, 0.3) is 5.91 Å². The average molecular weight is 280 g/mol. The molecule has 0 radical (unpaired) electrons. The fourth-order valence-corrected chi connectivity index (χ4v) is 1.48. The molecule has 4 N–H and O–H groups in total. The summed E-state index contributed by atoms with van der Waals surface area (Å²) in [6, 6.07) is 4.70. The normalized spacial score (nSPS) is 12.7. The van der Waals surface area contributed by atoms with Crippen LogP contribution >= 0.6 is 0 Å². The lowest BCUT2D eigenvalue weighted by molar-refractivity contribution is -0.124. The fourth-order valence-electron chi connectivity index (χ4n) is 1.48. The molecule has 6 heteroatoms. The number of esters is 1. The molecule has 0 aliphatic heterocycles. The molecule has 1 atom stereocenters. The topological polar surface area (TPSA) is 105 Å². The molecule has 0 bridgehead atoms. The van der Waals surface area contributed by atoms with Gasteiger partial charge in [-0.05, 0) is 51.5 Å². The van der Waals surface area contributed by atoms with E-state index in [2.05, 4.69) is 0 Å². The molecule has 1 rings (SSSR count). The van der Waals surface area contributed by atoms with Gasteiger partial charge in [0.1, 0.15) is 11.4 Å². The quantitative estimate of drug-likeness (QED) is 0.634. The van der Waals surface area contributed by atoms with Crippen molar-refractivity contribution in [1.29, 1.82) is 0 Å². The van der Waals surface area contributed by atoms with E-state index in [-0.39, 0.29) is 0 Å². The first kappa shape index (κ1) is 16.0. The summed E-state index contributed by atoms with van der Waals surface area (Å²) in [7, 11) is 0. The molecule has 1 unspecified atom stereocenters. The summed E-state index contributed by atoms with van der Waals surface area (Å²) in [6.45, 7) is 7.12. The third-order valence-corrected chi connectivity index (χ3v) is 2.36. The molecule has 1 aromatic carbocycles. The van der Waals surface area contributed by atoms with Crippen LogP contribution in [0.4, 0.5) is 0 Å². The summed E-state index contributed by atoms with van der Waals surface area (Å²) in [4.78, 5) is 22.8. The maximum Gasteiger partial charge on any atom is 0.338 e. The predicted octanol–water partition coefficient (Wildman–Crippen LogP) is 1.10. The van der Waals surface area contributed by atoms with Gasteiger partial charge in [0, 0.05) is 0 Å². The van der Waals surface area contributed by atoms with E-state index >= 15 is 0 Å². The molecular formula is C14H20N2O4. The number of primary amides is 1. The highest BCUT2D eigenvalue weighted by molar-refractivity contribution is 5.91. The maximum atomic E-state index is 12.0. The van der Waals surface area contributed by atoms with Crippen molar-refractivity contribution in [3.8, 4) is 5.75 Å². The molecule has 110 valence electrons. The summed E-state index contributed by atoms with van der Waals surface area (Å²) < 4.78 is 10.4. The second-order valence-electron chi connectivity index (χ2n) is 5.42. The summed E-state index contributed by atoms with van der Waals surface area (Å²) >= 11 is 0. The number of aryl methyl sites for hydroxylation is 1. The Bertz CT molecular complexity index is 520. The van der Waals surface area contributed by atoms with Crippen LogP contribution in [0.1, 0.15) is 36.7 Å². The van der Waals surface area contributed by atoms with Crippen molar-refractivity contribution in [1.82, 2.24) is 0 Å². The average Bonchev–Trinajstić information content (AvgIpc) is 2.26. The zero-order valence-electron chi connectivity index (χ0n) is 12.1. The van der Waals surface area contributed by atoms with Gasteiger partial charge in [0.05, 0.1) is 5.56 Å². The smallest absolute Gasteiger partial charge is 0.338 e. The molecule has 6 nitrogen and oxygen atoms in total. The third-order valence-electron chi connectivity index (χ3n) is 2.36. The molecule has 0 saturated heterocycles. The highest BCUT2D eigenvalue weighted by atomic mass is 16.6. The molecule has 0 saturated carbocycles. The number of benzene rings is 1. The molecule has 0 heterocycles. The van der Waals surface area contributed by atoms with Gasteiger partial charge in [-0.3, -0.25) is 10.5 Å². The number of carbonyl (C=O) groups is 2. The second-order valence-corrected chi connectivity index (χ2v) is 5.42. The number of amides is 1. The molecule has 0 aliphatic carbocycles. The third kappa shape index (κ3) is 4.55. The minimum absolute atomic E-state index is 0.362. The van der Waals surface area contributed by atoms with E-state index in [9.17, 15) is 9.59 Å². The Hall–Kier alpha value is -2.08. The van der Waals surface area contributed by atoms with Crippen molar-refractivity contribution >= 4 is 11.9 Å². The molecule has 0 spiro atoms. The van der Waals surface area contributed by atoms with Crippen molar-refractivity contribution in [3.63, 3.8) is 0 Å². The number of hydrogen-bond donors (Lipinski definition) is 2. The zero-order chi connectivity index (χ0) is 15.5. The summed E-state index contributed by atoms with van der Waals surface area (Å²) in [6.07, 6.45) is -1.22. The van der Waals surface area contributed by atoms with Crippen LogP contribution in [0.2, 0.25) is 0 Å². The number of carbonyl (C=O) groups excluding carboxylic acids is 2. The van der Waals surface area contributed by atoms with Gasteiger partial charge in [-0.25, -0.2) is 4.79 Å². The van der Waals surface area contributed by atoms with Crippen molar-refractivity contribution in [2.24, 2.45) is 11.5 Å². The van der Waals surface area contributed by atoms with Crippen LogP contribution in [0.3, 0.4) is 0 Å². The van der Waals surface area contributed by atoms with Gasteiger partial charge in [0.15, 0.2) is 0 Å². The molecular weight excluding hydrogens is 260 g/mol. The Labute approximate surface area is 118 Å². The first-order valence-electron chi connectivity index (χ1n) is 6.16. The Balaban J connectivity index is 2.88. The summed E-state index contributed by atoms with van der Waals surface area (Å²) in [5.74, 6) is -0.819. The van der Waals surface area contributed by atoms with E-state index in [1.54, 1.807) is 39.8 Å². The van der Waals surface area contributed by atoms with Crippen molar-refractivity contribution in [3.05, 3.63) is 29.3 Å². The predicted molar refractivity (Wildman–Crippen MR) is 74.1 cm³/mol. The Morgan fingerprint density at radius 1 is 1.25 bits per heavy atom. The molecule has 0 aliphatic rings. The lowest BCUT2D eigenvalue weighted by atomic mass is 10.1. The first-order chi connectivity index (χ1) is 9.10. The molecule has 1 aromatic rings. The van der Waals surface area contributed by atoms with Gasteiger partial charge in [-0.1, -0.05) is 0 Å². The van der Waals surface area contributed by atoms with Gasteiger partial charge >= 0.3 is 5.97 Å². The van der Waals surface area contributed by atoms with Crippen molar-refractivity contribution < 1.29 is 19.1 Å². The monoisotopic (exact) mass is 280 g/mol. The van der Waals surface area contributed by atoms with E-state index in [1.165, 1.54) is 6.07 Å². The van der Waals surface area contributed by atoms with Crippen LogP contribution in [0, 0.1) is 6.92 Å². The van der Waals surface area contributed by atoms with Crippen LogP contribution in [-0.4, -0.2) is 23.7 Å². The highest BCUT2D eigenvalue weighted by Gasteiger charge is 2.20. The SMILES string of the molecule is Cc1cc(OC(N)C(N)=O)ccc1C(=O)OC(C)(C)C. The minimum Gasteiger partial charge on any atom is -0.466 e. The van der Waals surface area contributed by atoms with Crippen LogP contribution in [0.25, 0.3) is 0 Å². The molecule has 1 amide bonds. The fraction of sp³-hybridized carbons (Fsp3) is 0.429. The van der Waals surface area contributed by atoms with Gasteiger partial charge < -0.3 is 15.2 Å². The van der Waals surface area contributed by atoms with E-state index in [1.807, 2.05) is 0 Å². The van der Waals surface area contributed by atoms with Crippen molar-refractivity contribution in [2.45, 2.75) is 39.5 Å². The van der Waals surface area contributed by atoms with Crippen LogP contribution in [-0.2, 0) is 9.53 Å². The van der Waals surface area contributed by atoms with E-state index in [0.717, 1.165) is 0 Å². The van der Waals surface area contributed by atoms with Crippen molar-refractivity contribution in [2.75, 3.05) is 0 Å². The summed E-state index contributed by atoms with van der Waals surface area (Å²) in [5, 5.41) is 0. The number of hydrogen-bond acceptors (Lipinski definition) is 5. The van der Waals surface area contributed by atoms with E-state index < -0.39 is 23.7 Å². The number of nitrogens with two attached hydrogens (primary N) is 2. The first-order valence-corrected chi connectivity index (χ1v) is 6.16. The van der Waals surface area contributed by atoms with E-state index in [0.29, 0.717) is 16.9 Å². The van der Waals surface area contributed by atoms with Crippen LogP contribution in [0.15, 0.2) is 18.2 Å². The van der Waals surface area contributed by atoms with Crippen LogP contribution < -0.4 is 16.2 Å². The summed E-state index contributed by atoms with van der Waals surface area (Å²) in [5.41, 5.74) is 10.9. The largest absolute Gasteiger partial charge is 0.466 e. The number of ether oxygens (including phenoxy) is 2. The van der Waals surface area contributed by atoms with Gasteiger partial charge in [-0.2, -0.15) is 0 Å². The lowest BCUT2D eigenvalue weighted by Crippen LogP contribution is -2.41. The van der Waals surface area contributed by atoms with Crippen LogP contribution in [0.5, 0.6) is 5.75 Å². The maximum absolute atomic E-state index is 12.0. The zero-order valence-corrected chi connectivity index (χ0v) is 12.1. The standard InChI is InChI=1S/C14H20N2O4/c1-8-7-9(19-12(16)11(15)17)5-6-10(8)13(18)20-14(2,3)4/h5-7,12H,16H2,1-4H3,(H2,15,17). The van der Waals surface area contributed by atoms with Gasteiger partial charge in [0.2, 0.25) is 6.23 Å². The highest BCUT2D eigenvalue weighted by Crippen LogP contribution is 2.20. The second kappa shape index (κ2) is 5.92. The lowest BCUT2D eigenvalue weighted by Gasteiger charge is -2.20. The Morgan fingerprint density at radius 3 is 2.30 bits per heavy atom. The minimum atomic E-state index is -1.22. The molecule has 0 aromatic heterocycles. The Morgan fingerprint density at radius 2 is 1.85 bits per heavy atom. The molecule has 0 fully saturated rings. The van der Waals surface area contributed by atoms with E-state index in [4.69, 9.17) is 20.9 Å². The number of rotatable bonds is 4.